The molecule has 0 aliphatic rings. The van der Waals surface area contributed by atoms with Crippen LogP contribution in [-0.2, 0) is 4.79 Å². The summed E-state index contributed by atoms with van der Waals surface area (Å²) >= 11 is 0. The number of nitrogens with one attached hydrogen (secondary N) is 1. The van der Waals surface area contributed by atoms with Crippen molar-refractivity contribution in [1.29, 1.82) is 0 Å². The summed E-state index contributed by atoms with van der Waals surface area (Å²) in [6.07, 6.45) is 3.38. The topological polar surface area (TPSA) is 38.3 Å². The Bertz CT molecular complexity index is 362. The zero-order valence-corrected chi connectivity index (χ0v) is 12.2. The number of amides is 1. The molecule has 1 N–H and O–H groups in total. The molecule has 0 fully saturated rings. The van der Waals surface area contributed by atoms with Gasteiger partial charge in [-0.15, -0.1) is 0 Å². The highest BCUT2D eigenvalue weighted by Gasteiger charge is 2.08. The maximum Gasteiger partial charge on any atom is 0.258 e. The third kappa shape index (κ3) is 7.50. The highest BCUT2D eigenvalue weighted by Crippen LogP contribution is 2.09. The van der Waals surface area contributed by atoms with Gasteiger partial charge in [0.2, 0.25) is 0 Å². The van der Waals surface area contributed by atoms with Crippen molar-refractivity contribution in [3.8, 4) is 5.75 Å². The van der Waals surface area contributed by atoms with Crippen LogP contribution in [0.3, 0.4) is 0 Å². The van der Waals surface area contributed by atoms with Gasteiger partial charge in [-0.25, -0.2) is 0 Å². The third-order valence-electron chi connectivity index (χ3n) is 2.94. The van der Waals surface area contributed by atoms with Crippen LogP contribution in [-0.4, -0.2) is 18.6 Å². The Balaban J connectivity index is 2.16. The molecule has 1 amide bonds. The van der Waals surface area contributed by atoms with Crippen LogP contribution in [0.15, 0.2) is 30.3 Å². The molecule has 0 aliphatic heterocycles. The van der Waals surface area contributed by atoms with E-state index in [-0.39, 0.29) is 18.6 Å². The molecule has 0 heterocycles. The van der Waals surface area contributed by atoms with Crippen LogP contribution in [0.2, 0.25) is 0 Å². The second-order valence-corrected chi connectivity index (χ2v) is 5.40. The Kier molecular flexibility index (Phi) is 7.01. The van der Waals surface area contributed by atoms with Gasteiger partial charge in [0.15, 0.2) is 6.61 Å². The maximum absolute atomic E-state index is 11.7. The SMILES string of the molecule is CC(C)CCC[C@H](C)NC(=O)COc1ccccc1. The largest absolute Gasteiger partial charge is 0.484 e. The molecule has 1 atom stereocenters. The predicted molar refractivity (Wildman–Crippen MR) is 78.2 cm³/mol. The maximum atomic E-state index is 11.7. The average Bonchev–Trinajstić information content (AvgIpc) is 2.37. The first kappa shape index (κ1) is 15.5. The van der Waals surface area contributed by atoms with Gasteiger partial charge in [0.05, 0.1) is 0 Å². The monoisotopic (exact) mass is 263 g/mol. The Morgan fingerprint density at radius 1 is 1.16 bits per heavy atom. The van der Waals surface area contributed by atoms with Crippen LogP contribution < -0.4 is 10.1 Å². The summed E-state index contributed by atoms with van der Waals surface area (Å²) in [4.78, 5) is 11.7. The molecule has 0 saturated carbocycles. The van der Waals surface area contributed by atoms with Crippen molar-refractivity contribution in [2.24, 2.45) is 5.92 Å². The Labute approximate surface area is 116 Å². The standard InChI is InChI=1S/C16H25NO2/c1-13(2)8-7-9-14(3)17-16(18)12-19-15-10-5-4-6-11-15/h4-6,10-11,13-14H,7-9,12H2,1-3H3,(H,17,18)/t14-/m0/s1. The minimum absolute atomic E-state index is 0.0547. The van der Waals surface area contributed by atoms with E-state index in [1.54, 1.807) is 0 Å². The molecule has 1 aromatic rings. The van der Waals surface area contributed by atoms with Crippen LogP contribution in [0, 0.1) is 5.92 Å². The molecular weight excluding hydrogens is 238 g/mol. The molecule has 1 aromatic carbocycles. The first-order valence-corrected chi connectivity index (χ1v) is 7.05. The molecule has 3 nitrogen and oxygen atoms in total. The highest BCUT2D eigenvalue weighted by atomic mass is 16.5. The minimum Gasteiger partial charge on any atom is -0.484 e. The normalized spacial score (nSPS) is 12.2. The van der Waals surface area contributed by atoms with E-state index in [1.807, 2.05) is 37.3 Å². The van der Waals surface area contributed by atoms with Crippen LogP contribution in [0.4, 0.5) is 0 Å². The average molecular weight is 263 g/mol. The first-order valence-electron chi connectivity index (χ1n) is 7.05. The minimum atomic E-state index is -0.0547. The van der Waals surface area contributed by atoms with Crippen LogP contribution in [0.5, 0.6) is 5.75 Å². The van der Waals surface area contributed by atoms with E-state index >= 15 is 0 Å². The van der Waals surface area contributed by atoms with Crippen molar-refractivity contribution >= 4 is 5.91 Å². The zero-order chi connectivity index (χ0) is 14.1. The van der Waals surface area contributed by atoms with E-state index in [2.05, 4.69) is 19.2 Å². The van der Waals surface area contributed by atoms with Crippen molar-refractivity contribution in [3.05, 3.63) is 30.3 Å². The van der Waals surface area contributed by atoms with Gasteiger partial charge in [-0.2, -0.15) is 0 Å². The summed E-state index contributed by atoms with van der Waals surface area (Å²) in [5.41, 5.74) is 0. The smallest absolute Gasteiger partial charge is 0.258 e. The van der Waals surface area contributed by atoms with Gasteiger partial charge in [-0.1, -0.05) is 44.9 Å². The van der Waals surface area contributed by atoms with Crippen molar-refractivity contribution in [1.82, 2.24) is 5.32 Å². The molecular formula is C16H25NO2. The summed E-state index contributed by atoms with van der Waals surface area (Å²) in [6, 6.07) is 9.61. The fourth-order valence-corrected chi connectivity index (χ4v) is 1.89. The summed E-state index contributed by atoms with van der Waals surface area (Å²) in [5.74, 6) is 1.40. The predicted octanol–water partition coefficient (Wildman–Crippen LogP) is 3.40. The van der Waals surface area contributed by atoms with Gasteiger partial charge in [0.25, 0.3) is 5.91 Å². The number of benzene rings is 1. The number of rotatable bonds is 8. The second kappa shape index (κ2) is 8.57. The Morgan fingerprint density at radius 3 is 2.47 bits per heavy atom. The van der Waals surface area contributed by atoms with Crippen LogP contribution in [0.1, 0.15) is 40.0 Å². The molecule has 106 valence electrons. The third-order valence-corrected chi connectivity index (χ3v) is 2.94. The summed E-state index contributed by atoms with van der Waals surface area (Å²) < 4.78 is 5.40. The van der Waals surface area contributed by atoms with Crippen molar-refractivity contribution in [3.63, 3.8) is 0 Å². The Hall–Kier alpha value is -1.51. The molecule has 0 saturated heterocycles. The molecule has 0 aromatic heterocycles. The van der Waals surface area contributed by atoms with E-state index < -0.39 is 0 Å². The summed E-state index contributed by atoms with van der Waals surface area (Å²) in [5, 5.41) is 2.96. The summed E-state index contributed by atoms with van der Waals surface area (Å²) in [7, 11) is 0. The highest BCUT2D eigenvalue weighted by molar-refractivity contribution is 5.77. The van der Waals surface area contributed by atoms with Gasteiger partial charge < -0.3 is 10.1 Å². The molecule has 0 aliphatic carbocycles. The number of carbonyl (C=O) groups is 1. The van der Waals surface area contributed by atoms with Crippen molar-refractivity contribution < 1.29 is 9.53 Å². The summed E-state index contributed by atoms with van der Waals surface area (Å²) in [6.45, 7) is 6.56. The molecule has 0 bridgehead atoms. The van der Waals surface area contributed by atoms with Gasteiger partial charge >= 0.3 is 0 Å². The number of hydrogen-bond acceptors (Lipinski definition) is 2. The lowest BCUT2D eigenvalue weighted by molar-refractivity contribution is -0.123. The van der Waals surface area contributed by atoms with Gasteiger partial charge in [-0.3, -0.25) is 4.79 Å². The van der Waals surface area contributed by atoms with E-state index in [0.717, 1.165) is 24.5 Å². The molecule has 3 heteroatoms. The fraction of sp³-hybridized carbons (Fsp3) is 0.562. The second-order valence-electron chi connectivity index (χ2n) is 5.40. The van der Waals surface area contributed by atoms with E-state index in [0.29, 0.717) is 0 Å². The lowest BCUT2D eigenvalue weighted by atomic mass is 10.0. The molecule has 0 radical (unpaired) electrons. The van der Waals surface area contributed by atoms with Crippen LogP contribution >= 0.6 is 0 Å². The van der Waals surface area contributed by atoms with Crippen LogP contribution in [0.25, 0.3) is 0 Å². The number of carbonyl (C=O) groups excluding carboxylic acids is 1. The van der Waals surface area contributed by atoms with Gasteiger partial charge in [0, 0.05) is 6.04 Å². The van der Waals surface area contributed by atoms with Crippen molar-refractivity contribution in [2.75, 3.05) is 6.61 Å². The molecule has 0 unspecified atom stereocenters. The fourth-order valence-electron chi connectivity index (χ4n) is 1.89. The quantitative estimate of drug-likeness (QED) is 0.780. The molecule has 1 rings (SSSR count). The van der Waals surface area contributed by atoms with Gasteiger partial charge in [-0.05, 0) is 31.4 Å². The number of hydrogen-bond donors (Lipinski definition) is 1. The van der Waals surface area contributed by atoms with E-state index in [1.165, 1.54) is 6.42 Å². The lowest BCUT2D eigenvalue weighted by Crippen LogP contribution is -2.36. The van der Waals surface area contributed by atoms with E-state index in [9.17, 15) is 4.79 Å². The molecule has 0 spiro atoms. The number of para-hydroxylation sites is 1. The van der Waals surface area contributed by atoms with E-state index in [4.69, 9.17) is 4.74 Å². The zero-order valence-electron chi connectivity index (χ0n) is 12.2. The Morgan fingerprint density at radius 2 is 1.84 bits per heavy atom. The van der Waals surface area contributed by atoms with Gasteiger partial charge in [0.1, 0.15) is 5.75 Å². The molecule has 19 heavy (non-hydrogen) atoms. The lowest BCUT2D eigenvalue weighted by Gasteiger charge is -2.14. The van der Waals surface area contributed by atoms with Crippen molar-refractivity contribution in [2.45, 2.75) is 46.1 Å². The number of ether oxygens (including phenoxy) is 1. The first-order chi connectivity index (χ1) is 9.08.